The van der Waals surface area contributed by atoms with E-state index in [1.807, 2.05) is 30.0 Å². The van der Waals surface area contributed by atoms with E-state index in [0.717, 1.165) is 16.5 Å². The van der Waals surface area contributed by atoms with Gasteiger partial charge in [-0.05, 0) is 12.5 Å². The third-order valence-corrected chi connectivity index (χ3v) is 2.15. The van der Waals surface area contributed by atoms with Crippen LogP contribution in [0.1, 0.15) is 30.1 Å². The van der Waals surface area contributed by atoms with E-state index >= 15 is 0 Å². The van der Waals surface area contributed by atoms with Crippen molar-refractivity contribution in [2.45, 2.75) is 26.3 Å². The van der Waals surface area contributed by atoms with E-state index in [-0.39, 0.29) is 5.78 Å². The summed E-state index contributed by atoms with van der Waals surface area (Å²) in [6.07, 6.45) is 5.29. The van der Waals surface area contributed by atoms with Gasteiger partial charge in [-0.25, -0.2) is 0 Å². The Kier molecular flexibility index (Phi) is 4.14. The van der Waals surface area contributed by atoms with Crippen LogP contribution in [0, 0.1) is 0 Å². The summed E-state index contributed by atoms with van der Waals surface area (Å²) in [7, 11) is 0. The summed E-state index contributed by atoms with van der Waals surface area (Å²) in [4.78, 5) is 11.5. The Morgan fingerprint density at radius 2 is 2.36 bits per heavy atom. The summed E-state index contributed by atoms with van der Waals surface area (Å²) < 4.78 is 2.85. The molecule has 0 aliphatic rings. The number of aromatic nitrogens is 1. The fourth-order valence-corrected chi connectivity index (χ4v) is 1.56. The van der Waals surface area contributed by atoms with Crippen molar-refractivity contribution in [3.63, 3.8) is 0 Å². The molecule has 76 valence electrons. The van der Waals surface area contributed by atoms with E-state index in [4.69, 9.17) is 0 Å². The maximum atomic E-state index is 11.5. The second-order valence-electron chi connectivity index (χ2n) is 3.26. The number of nitrogens with zero attached hydrogens (tertiary/aromatic N) is 1. The minimum Gasteiger partial charge on any atom is -0.349 e. The average molecular weight is 256 g/mol. The maximum absolute atomic E-state index is 11.5. The van der Waals surface area contributed by atoms with Crippen molar-refractivity contribution in [2.75, 3.05) is 0 Å². The van der Waals surface area contributed by atoms with Crippen molar-refractivity contribution < 1.29 is 4.79 Å². The lowest BCUT2D eigenvalue weighted by Crippen LogP contribution is -1.97. The molecule has 0 spiro atoms. The van der Waals surface area contributed by atoms with Crippen molar-refractivity contribution in [1.82, 2.24) is 4.57 Å². The van der Waals surface area contributed by atoms with Crippen LogP contribution in [0.2, 0.25) is 0 Å². The number of carbonyl (C=O) groups excluding carboxylic acids is 1. The first kappa shape index (κ1) is 11.2. The standard InChI is InChI=1S/C11H14BrNO/c1-3-4-11(14)10-5-6-13(8-10)7-9(2)12/h5-6,8H,2-4,7H2,1H3. The molecule has 1 aromatic rings. The molecule has 0 unspecified atom stereocenters. The van der Waals surface area contributed by atoms with Crippen LogP contribution >= 0.6 is 15.9 Å². The molecule has 3 heteroatoms. The predicted octanol–water partition coefficient (Wildman–Crippen LogP) is 3.38. The minimum absolute atomic E-state index is 0.214. The lowest BCUT2D eigenvalue weighted by atomic mass is 10.1. The quantitative estimate of drug-likeness (QED) is 0.740. The minimum atomic E-state index is 0.214. The Hall–Kier alpha value is -0.830. The summed E-state index contributed by atoms with van der Waals surface area (Å²) in [5, 5.41) is 0. The molecule has 2 nitrogen and oxygen atoms in total. The molecule has 0 bridgehead atoms. The molecular weight excluding hydrogens is 242 g/mol. The zero-order chi connectivity index (χ0) is 10.6. The molecule has 1 heterocycles. The highest BCUT2D eigenvalue weighted by molar-refractivity contribution is 9.11. The molecule has 1 aromatic heterocycles. The molecule has 0 aliphatic carbocycles. The van der Waals surface area contributed by atoms with Gasteiger partial charge >= 0.3 is 0 Å². The lowest BCUT2D eigenvalue weighted by molar-refractivity contribution is 0.0981. The highest BCUT2D eigenvalue weighted by Gasteiger charge is 2.05. The van der Waals surface area contributed by atoms with Crippen LogP contribution in [0.3, 0.4) is 0 Å². The van der Waals surface area contributed by atoms with Crippen molar-refractivity contribution in [2.24, 2.45) is 0 Å². The normalized spacial score (nSPS) is 10.1. The number of hydrogen-bond acceptors (Lipinski definition) is 1. The molecule has 0 saturated heterocycles. The largest absolute Gasteiger partial charge is 0.349 e. The lowest BCUT2D eigenvalue weighted by Gasteiger charge is -1.99. The predicted molar refractivity (Wildman–Crippen MR) is 61.7 cm³/mol. The SMILES string of the molecule is C=C(Br)Cn1ccc(C(=O)CCC)c1. The van der Waals surface area contributed by atoms with E-state index in [1.165, 1.54) is 0 Å². The number of carbonyl (C=O) groups is 1. The van der Waals surface area contributed by atoms with Gasteiger partial charge in [0.1, 0.15) is 0 Å². The number of ketones is 1. The third-order valence-electron chi connectivity index (χ3n) is 1.90. The monoisotopic (exact) mass is 255 g/mol. The van der Waals surface area contributed by atoms with Crippen molar-refractivity contribution in [3.05, 3.63) is 35.1 Å². The molecular formula is C11H14BrNO. The molecule has 0 saturated carbocycles. The number of rotatable bonds is 5. The Morgan fingerprint density at radius 1 is 1.64 bits per heavy atom. The van der Waals surface area contributed by atoms with Crippen LogP contribution in [0.25, 0.3) is 0 Å². The van der Waals surface area contributed by atoms with Gasteiger partial charge in [-0.2, -0.15) is 0 Å². The average Bonchev–Trinajstić information content (AvgIpc) is 2.52. The number of Topliss-reactive ketones (excluding diaryl/α,β-unsaturated/α-hetero) is 1. The van der Waals surface area contributed by atoms with Crippen LogP contribution in [-0.2, 0) is 6.54 Å². The van der Waals surface area contributed by atoms with Crippen LogP contribution in [0.4, 0.5) is 0 Å². The van der Waals surface area contributed by atoms with E-state index in [2.05, 4.69) is 22.5 Å². The van der Waals surface area contributed by atoms with E-state index in [0.29, 0.717) is 13.0 Å². The van der Waals surface area contributed by atoms with Crippen molar-refractivity contribution in [1.29, 1.82) is 0 Å². The Labute approximate surface area is 92.7 Å². The molecule has 0 atom stereocenters. The van der Waals surface area contributed by atoms with Crippen molar-refractivity contribution >= 4 is 21.7 Å². The zero-order valence-electron chi connectivity index (χ0n) is 8.29. The van der Waals surface area contributed by atoms with Gasteiger partial charge in [0.25, 0.3) is 0 Å². The first-order valence-electron chi connectivity index (χ1n) is 4.65. The number of allylic oxidation sites excluding steroid dienone is 1. The fourth-order valence-electron chi connectivity index (χ4n) is 1.27. The summed E-state index contributed by atoms with van der Waals surface area (Å²) in [5.74, 6) is 0.214. The maximum Gasteiger partial charge on any atom is 0.164 e. The van der Waals surface area contributed by atoms with Gasteiger partial charge in [0.05, 0.1) is 6.54 Å². The van der Waals surface area contributed by atoms with Crippen LogP contribution < -0.4 is 0 Å². The van der Waals surface area contributed by atoms with Gasteiger partial charge in [-0.15, -0.1) is 0 Å². The first-order valence-corrected chi connectivity index (χ1v) is 5.45. The Morgan fingerprint density at radius 3 is 2.93 bits per heavy atom. The van der Waals surface area contributed by atoms with Gasteiger partial charge in [-0.1, -0.05) is 29.4 Å². The molecule has 14 heavy (non-hydrogen) atoms. The van der Waals surface area contributed by atoms with E-state index in [1.54, 1.807) is 0 Å². The highest BCUT2D eigenvalue weighted by Crippen LogP contribution is 2.10. The second kappa shape index (κ2) is 5.15. The number of halogens is 1. The van der Waals surface area contributed by atoms with Crippen molar-refractivity contribution in [3.8, 4) is 0 Å². The summed E-state index contributed by atoms with van der Waals surface area (Å²) >= 11 is 3.29. The van der Waals surface area contributed by atoms with Crippen LogP contribution in [0.15, 0.2) is 29.5 Å². The molecule has 1 rings (SSSR count). The first-order chi connectivity index (χ1) is 6.63. The third kappa shape index (κ3) is 3.14. The molecule has 0 fully saturated rings. The van der Waals surface area contributed by atoms with Crippen LogP contribution in [0.5, 0.6) is 0 Å². The topological polar surface area (TPSA) is 22.0 Å². The highest BCUT2D eigenvalue weighted by atomic mass is 79.9. The molecule has 0 N–H and O–H groups in total. The summed E-state index contributed by atoms with van der Waals surface area (Å²) in [6.45, 7) is 6.47. The molecule has 0 radical (unpaired) electrons. The van der Waals surface area contributed by atoms with Gasteiger partial charge in [0.15, 0.2) is 5.78 Å². The van der Waals surface area contributed by atoms with Gasteiger partial charge < -0.3 is 4.57 Å². The Balaban J connectivity index is 2.67. The fraction of sp³-hybridized carbons (Fsp3) is 0.364. The molecule has 0 amide bonds. The van der Waals surface area contributed by atoms with E-state index in [9.17, 15) is 4.79 Å². The number of hydrogen-bond donors (Lipinski definition) is 0. The van der Waals surface area contributed by atoms with Gasteiger partial charge in [-0.3, -0.25) is 4.79 Å². The molecule has 0 aromatic carbocycles. The summed E-state index contributed by atoms with van der Waals surface area (Å²) in [6, 6.07) is 1.86. The van der Waals surface area contributed by atoms with E-state index < -0.39 is 0 Å². The summed E-state index contributed by atoms with van der Waals surface area (Å²) in [5.41, 5.74) is 0.792. The molecule has 0 aliphatic heterocycles. The smallest absolute Gasteiger partial charge is 0.164 e. The van der Waals surface area contributed by atoms with Gasteiger partial charge in [0, 0.05) is 28.9 Å². The Bertz CT molecular complexity index is 341. The van der Waals surface area contributed by atoms with Gasteiger partial charge in [0.2, 0.25) is 0 Å². The second-order valence-corrected chi connectivity index (χ2v) is 4.38. The zero-order valence-corrected chi connectivity index (χ0v) is 9.88. The van der Waals surface area contributed by atoms with Crippen LogP contribution in [-0.4, -0.2) is 10.4 Å².